The van der Waals surface area contributed by atoms with E-state index in [9.17, 15) is 15.0 Å². The molecule has 0 unspecified atom stereocenters. The number of rotatable bonds is 3. The predicted octanol–water partition coefficient (Wildman–Crippen LogP) is 2.08. The van der Waals surface area contributed by atoms with Gasteiger partial charge in [0.25, 0.3) is 5.91 Å². The highest BCUT2D eigenvalue weighted by atomic mass is 16.3. The second-order valence-corrected chi connectivity index (χ2v) is 5.38. The van der Waals surface area contributed by atoms with Crippen LogP contribution in [-0.4, -0.2) is 39.7 Å². The van der Waals surface area contributed by atoms with Crippen molar-refractivity contribution in [1.29, 1.82) is 0 Å². The van der Waals surface area contributed by atoms with Gasteiger partial charge >= 0.3 is 0 Å². The quantitative estimate of drug-likeness (QED) is 0.877. The molecular formula is C15H21NO3. The van der Waals surface area contributed by atoms with Gasteiger partial charge < -0.3 is 15.1 Å². The fraction of sp³-hybridized carbons (Fsp3) is 0.533. The summed E-state index contributed by atoms with van der Waals surface area (Å²) in [6, 6.07) is 5.13. The van der Waals surface area contributed by atoms with Gasteiger partial charge in [-0.1, -0.05) is 6.07 Å². The number of phenolic OH excluding ortho intramolecular Hbond substituents is 1. The Morgan fingerprint density at radius 1 is 1.53 bits per heavy atom. The maximum atomic E-state index is 12.4. The smallest absolute Gasteiger partial charge is 0.254 e. The fourth-order valence-electron chi connectivity index (χ4n) is 2.65. The van der Waals surface area contributed by atoms with Crippen LogP contribution in [0.3, 0.4) is 0 Å². The molecule has 1 saturated heterocycles. The van der Waals surface area contributed by atoms with Gasteiger partial charge in [0.15, 0.2) is 0 Å². The number of carbonyl (C=O) groups is 1. The third kappa shape index (κ3) is 3.07. The number of amides is 1. The first-order valence-corrected chi connectivity index (χ1v) is 6.77. The number of aryl methyl sites for hydroxylation is 1. The highest BCUT2D eigenvalue weighted by Crippen LogP contribution is 2.25. The molecule has 1 aliphatic heterocycles. The van der Waals surface area contributed by atoms with Crippen LogP contribution in [-0.2, 0) is 0 Å². The van der Waals surface area contributed by atoms with E-state index in [0.29, 0.717) is 12.0 Å². The van der Waals surface area contributed by atoms with E-state index in [1.807, 2.05) is 4.90 Å². The minimum absolute atomic E-state index is 0.0570. The fourth-order valence-corrected chi connectivity index (χ4v) is 2.65. The topological polar surface area (TPSA) is 60.8 Å². The van der Waals surface area contributed by atoms with E-state index in [1.165, 1.54) is 6.07 Å². The minimum Gasteiger partial charge on any atom is -0.508 e. The number of hydrogen-bond donors (Lipinski definition) is 2. The summed E-state index contributed by atoms with van der Waals surface area (Å²) in [5.74, 6) is 0.0931. The van der Waals surface area contributed by atoms with Crippen LogP contribution in [0.4, 0.5) is 0 Å². The van der Waals surface area contributed by atoms with Gasteiger partial charge in [0.2, 0.25) is 0 Å². The van der Waals surface area contributed by atoms with Crippen LogP contribution in [0, 0.1) is 6.92 Å². The number of nitrogens with zero attached hydrogens (tertiary/aromatic N) is 1. The monoisotopic (exact) mass is 263 g/mol. The molecule has 104 valence electrons. The van der Waals surface area contributed by atoms with Gasteiger partial charge in [0, 0.05) is 18.2 Å². The first kappa shape index (κ1) is 13.9. The van der Waals surface area contributed by atoms with Crippen molar-refractivity contribution in [2.75, 3.05) is 6.54 Å². The van der Waals surface area contributed by atoms with E-state index in [0.717, 1.165) is 24.9 Å². The minimum atomic E-state index is -0.398. The molecule has 1 heterocycles. The van der Waals surface area contributed by atoms with Crippen LogP contribution >= 0.6 is 0 Å². The summed E-state index contributed by atoms with van der Waals surface area (Å²) >= 11 is 0. The molecule has 19 heavy (non-hydrogen) atoms. The summed E-state index contributed by atoms with van der Waals surface area (Å²) in [7, 11) is 0. The molecule has 1 amide bonds. The molecular weight excluding hydrogens is 242 g/mol. The molecule has 1 aliphatic rings. The number of aliphatic hydroxyl groups is 1. The van der Waals surface area contributed by atoms with Crippen LogP contribution in [0.2, 0.25) is 0 Å². The Bertz CT molecular complexity index is 470. The van der Waals surface area contributed by atoms with Crippen LogP contribution in [0.25, 0.3) is 0 Å². The predicted molar refractivity (Wildman–Crippen MR) is 73.2 cm³/mol. The molecule has 0 bridgehead atoms. The number of phenols is 1. The largest absolute Gasteiger partial charge is 0.508 e. The molecule has 0 aromatic heterocycles. The average Bonchev–Trinajstić information content (AvgIpc) is 2.79. The van der Waals surface area contributed by atoms with Crippen molar-refractivity contribution in [3.63, 3.8) is 0 Å². The zero-order valence-corrected chi connectivity index (χ0v) is 11.5. The summed E-state index contributed by atoms with van der Waals surface area (Å²) in [5, 5.41) is 19.2. The first-order valence-electron chi connectivity index (χ1n) is 6.77. The highest BCUT2D eigenvalue weighted by molar-refractivity contribution is 5.95. The molecule has 0 radical (unpaired) electrons. The maximum absolute atomic E-state index is 12.4. The summed E-state index contributed by atoms with van der Waals surface area (Å²) in [6.07, 6.45) is 2.13. The number of benzene rings is 1. The summed E-state index contributed by atoms with van der Waals surface area (Å²) < 4.78 is 0. The lowest BCUT2D eigenvalue weighted by Gasteiger charge is -2.26. The summed E-state index contributed by atoms with van der Waals surface area (Å²) in [4.78, 5) is 14.3. The molecule has 4 heteroatoms. The molecule has 1 fully saturated rings. The van der Waals surface area contributed by atoms with Gasteiger partial charge in [-0.05, 0) is 50.8 Å². The Hall–Kier alpha value is -1.55. The molecule has 1 aromatic carbocycles. The number of aliphatic hydroxyl groups excluding tert-OH is 1. The second kappa shape index (κ2) is 5.61. The van der Waals surface area contributed by atoms with Crippen LogP contribution < -0.4 is 0 Å². The number of aromatic hydroxyl groups is 1. The molecule has 0 spiro atoms. The van der Waals surface area contributed by atoms with Gasteiger partial charge in [-0.15, -0.1) is 0 Å². The van der Waals surface area contributed by atoms with E-state index < -0.39 is 6.10 Å². The van der Waals surface area contributed by atoms with E-state index in [2.05, 4.69) is 0 Å². The normalized spacial score (nSPS) is 20.6. The lowest BCUT2D eigenvalue weighted by atomic mass is 10.1. The third-order valence-corrected chi connectivity index (χ3v) is 3.71. The first-order chi connectivity index (χ1) is 8.99. The Morgan fingerprint density at radius 3 is 2.89 bits per heavy atom. The van der Waals surface area contributed by atoms with Crippen molar-refractivity contribution in [3.05, 3.63) is 29.3 Å². The molecule has 1 aromatic rings. The Balaban J connectivity index is 2.16. The van der Waals surface area contributed by atoms with Crippen molar-refractivity contribution in [2.45, 2.75) is 45.3 Å². The van der Waals surface area contributed by atoms with Crippen LogP contribution in [0.5, 0.6) is 5.75 Å². The van der Waals surface area contributed by atoms with E-state index in [-0.39, 0.29) is 17.7 Å². The number of carbonyl (C=O) groups excluding carboxylic acids is 1. The molecule has 0 saturated carbocycles. The van der Waals surface area contributed by atoms with E-state index in [1.54, 1.807) is 26.0 Å². The van der Waals surface area contributed by atoms with Crippen molar-refractivity contribution >= 4 is 5.91 Å². The highest BCUT2D eigenvalue weighted by Gasteiger charge is 2.30. The molecule has 2 atom stereocenters. The van der Waals surface area contributed by atoms with Gasteiger partial charge in [-0.2, -0.15) is 0 Å². The van der Waals surface area contributed by atoms with Crippen molar-refractivity contribution < 1.29 is 15.0 Å². The van der Waals surface area contributed by atoms with Crippen LogP contribution in [0.15, 0.2) is 18.2 Å². The van der Waals surface area contributed by atoms with Crippen molar-refractivity contribution in [1.82, 2.24) is 4.90 Å². The zero-order valence-electron chi connectivity index (χ0n) is 11.5. The Kier molecular flexibility index (Phi) is 4.10. The summed E-state index contributed by atoms with van der Waals surface area (Å²) in [5.41, 5.74) is 1.28. The van der Waals surface area contributed by atoms with Gasteiger partial charge in [0.05, 0.1) is 6.10 Å². The molecule has 4 nitrogen and oxygen atoms in total. The maximum Gasteiger partial charge on any atom is 0.254 e. The lowest BCUT2D eigenvalue weighted by molar-refractivity contribution is 0.0681. The Morgan fingerprint density at radius 2 is 2.26 bits per heavy atom. The lowest BCUT2D eigenvalue weighted by Crippen LogP contribution is -2.37. The molecule has 2 N–H and O–H groups in total. The van der Waals surface area contributed by atoms with Gasteiger partial charge in [0.1, 0.15) is 5.75 Å². The summed E-state index contributed by atoms with van der Waals surface area (Å²) in [6.45, 7) is 4.28. The van der Waals surface area contributed by atoms with Crippen LogP contribution in [0.1, 0.15) is 42.1 Å². The van der Waals surface area contributed by atoms with Crippen molar-refractivity contribution in [3.8, 4) is 5.75 Å². The van der Waals surface area contributed by atoms with Crippen molar-refractivity contribution in [2.24, 2.45) is 0 Å². The second-order valence-electron chi connectivity index (χ2n) is 5.38. The Labute approximate surface area is 113 Å². The van der Waals surface area contributed by atoms with Gasteiger partial charge in [-0.25, -0.2) is 0 Å². The third-order valence-electron chi connectivity index (χ3n) is 3.71. The zero-order chi connectivity index (χ0) is 14.0. The number of likely N-dealkylation sites (tertiary alicyclic amines) is 1. The number of hydrogen-bond acceptors (Lipinski definition) is 3. The van der Waals surface area contributed by atoms with E-state index >= 15 is 0 Å². The average molecular weight is 263 g/mol. The molecule has 2 rings (SSSR count). The standard InChI is InChI=1S/C15H21NO3/c1-10-5-6-12(9-14(10)18)15(19)16-7-3-4-13(16)8-11(2)17/h5-6,9,11,13,17-18H,3-4,7-8H2,1-2H3/t11-,13+/m1/s1. The van der Waals surface area contributed by atoms with E-state index in [4.69, 9.17) is 0 Å². The molecule has 0 aliphatic carbocycles. The SMILES string of the molecule is Cc1ccc(C(=O)N2CCC[C@H]2C[C@@H](C)O)cc1O. The van der Waals surface area contributed by atoms with Gasteiger partial charge in [-0.3, -0.25) is 4.79 Å².